The van der Waals surface area contributed by atoms with Gasteiger partial charge in [-0.15, -0.1) is 0 Å². The van der Waals surface area contributed by atoms with Gasteiger partial charge in [0.15, 0.2) is 0 Å². The summed E-state index contributed by atoms with van der Waals surface area (Å²) in [6.45, 7) is 0.938. The van der Waals surface area contributed by atoms with E-state index in [9.17, 15) is 10.1 Å². The van der Waals surface area contributed by atoms with E-state index in [0.29, 0.717) is 30.4 Å². The Balaban J connectivity index is 2.08. The number of hydrogen-bond donors (Lipinski definition) is 1. The number of rotatable bonds is 6. The maximum absolute atomic E-state index is 10.7. The molecule has 0 radical (unpaired) electrons. The minimum atomic E-state index is -0.549. The largest absolute Gasteiger partial charge is 0.447 e. The highest BCUT2D eigenvalue weighted by atomic mass is 35.5. The first-order chi connectivity index (χ1) is 10.4. The minimum absolute atomic E-state index is 0.157. The van der Waals surface area contributed by atoms with Gasteiger partial charge in [0.05, 0.1) is 39.4 Å². The molecule has 0 aliphatic carbocycles. The molecule has 2 rings (SSSR count). The van der Waals surface area contributed by atoms with Crippen LogP contribution in [0.1, 0.15) is 11.6 Å². The summed E-state index contributed by atoms with van der Waals surface area (Å²) in [5.41, 5.74) is 0.948. The van der Waals surface area contributed by atoms with Crippen LogP contribution in [-0.4, -0.2) is 28.9 Å². The van der Waals surface area contributed by atoms with Crippen LogP contribution in [0.5, 0.6) is 0 Å². The lowest BCUT2D eigenvalue weighted by Crippen LogP contribution is -2.11. The summed E-state index contributed by atoms with van der Waals surface area (Å²) < 4.78 is 5.33. The van der Waals surface area contributed by atoms with Crippen molar-refractivity contribution in [2.45, 2.75) is 13.1 Å². The second-order valence-corrected chi connectivity index (χ2v) is 5.68. The molecule has 0 atom stereocenters. The summed E-state index contributed by atoms with van der Waals surface area (Å²) in [5, 5.41) is 14.1. The van der Waals surface area contributed by atoms with E-state index < -0.39 is 4.92 Å². The van der Waals surface area contributed by atoms with Gasteiger partial charge in [0.1, 0.15) is 6.26 Å². The molecule has 7 nitrogen and oxygen atoms in total. The average molecular weight is 345 g/mol. The Hall–Kier alpha value is -1.83. The SMILES string of the molecule is CN(C)Cc1nc(CNc2c(Cl)cc([N+](=O)[O-])cc2Cl)co1. The number of nitrogens with one attached hydrogen (secondary N) is 1. The van der Waals surface area contributed by atoms with E-state index in [4.69, 9.17) is 27.6 Å². The van der Waals surface area contributed by atoms with Gasteiger partial charge in [0.25, 0.3) is 5.69 Å². The molecule has 22 heavy (non-hydrogen) atoms. The zero-order chi connectivity index (χ0) is 16.3. The minimum Gasteiger partial charge on any atom is -0.447 e. The average Bonchev–Trinajstić information content (AvgIpc) is 2.84. The van der Waals surface area contributed by atoms with Gasteiger partial charge in [-0.2, -0.15) is 0 Å². The number of nitro benzene ring substituents is 1. The molecule has 9 heteroatoms. The molecule has 1 aromatic heterocycles. The molecule has 0 fully saturated rings. The van der Waals surface area contributed by atoms with E-state index in [2.05, 4.69) is 10.3 Å². The lowest BCUT2D eigenvalue weighted by atomic mass is 10.2. The number of oxazole rings is 1. The first-order valence-electron chi connectivity index (χ1n) is 6.32. The number of anilines is 1. The fourth-order valence-electron chi connectivity index (χ4n) is 1.79. The normalized spacial score (nSPS) is 11.0. The third-order valence-corrected chi connectivity index (χ3v) is 3.33. The number of benzene rings is 1. The van der Waals surface area contributed by atoms with Crippen molar-refractivity contribution in [1.82, 2.24) is 9.88 Å². The second kappa shape index (κ2) is 6.95. The molecule has 0 saturated carbocycles. The zero-order valence-electron chi connectivity index (χ0n) is 12.0. The van der Waals surface area contributed by atoms with E-state index in [-0.39, 0.29) is 15.7 Å². The van der Waals surface area contributed by atoms with Gasteiger partial charge in [-0.05, 0) is 14.1 Å². The molecule has 0 amide bonds. The summed E-state index contributed by atoms with van der Waals surface area (Å²) in [5.74, 6) is 0.600. The van der Waals surface area contributed by atoms with Gasteiger partial charge in [-0.3, -0.25) is 10.1 Å². The fourth-order valence-corrected chi connectivity index (χ4v) is 2.40. The topological polar surface area (TPSA) is 84.4 Å². The zero-order valence-corrected chi connectivity index (χ0v) is 13.5. The Bertz CT molecular complexity index is 665. The first kappa shape index (κ1) is 16.5. The molecule has 0 unspecified atom stereocenters. The number of nitro groups is 1. The Labute approximate surface area is 137 Å². The van der Waals surface area contributed by atoms with Crippen molar-refractivity contribution in [3.05, 3.63) is 50.1 Å². The monoisotopic (exact) mass is 344 g/mol. The van der Waals surface area contributed by atoms with Crippen molar-refractivity contribution < 1.29 is 9.34 Å². The van der Waals surface area contributed by atoms with Crippen LogP contribution >= 0.6 is 23.2 Å². The highest BCUT2D eigenvalue weighted by Gasteiger charge is 2.15. The van der Waals surface area contributed by atoms with Crippen LogP contribution in [0, 0.1) is 10.1 Å². The predicted octanol–water partition coefficient (Wildman–Crippen LogP) is 3.56. The van der Waals surface area contributed by atoms with Gasteiger partial charge in [0, 0.05) is 12.1 Å². The van der Waals surface area contributed by atoms with Crippen LogP contribution < -0.4 is 5.32 Å². The molecule has 118 valence electrons. The number of non-ortho nitro benzene ring substituents is 1. The Morgan fingerprint density at radius 1 is 1.36 bits per heavy atom. The third kappa shape index (κ3) is 4.09. The molecule has 1 heterocycles. The third-order valence-electron chi connectivity index (χ3n) is 2.73. The van der Waals surface area contributed by atoms with Crippen molar-refractivity contribution >= 4 is 34.6 Å². The summed E-state index contributed by atoms with van der Waals surface area (Å²) in [7, 11) is 3.83. The van der Waals surface area contributed by atoms with Gasteiger partial charge < -0.3 is 14.6 Å². The standard InChI is InChI=1S/C13H14Cl2N4O3/c1-18(2)6-12-17-8(7-22-12)5-16-13-10(14)3-9(19(20)21)4-11(13)15/h3-4,7,16H,5-6H2,1-2H3. The second-order valence-electron chi connectivity index (χ2n) is 4.87. The first-order valence-corrected chi connectivity index (χ1v) is 7.07. The van der Waals surface area contributed by atoms with Crippen molar-refractivity contribution in [3.63, 3.8) is 0 Å². The van der Waals surface area contributed by atoms with E-state index >= 15 is 0 Å². The quantitative estimate of drug-likeness (QED) is 0.636. The summed E-state index contributed by atoms with van der Waals surface area (Å²) in [4.78, 5) is 16.4. The van der Waals surface area contributed by atoms with Gasteiger partial charge in [-0.1, -0.05) is 23.2 Å². The summed E-state index contributed by atoms with van der Waals surface area (Å²) in [6.07, 6.45) is 1.54. The van der Waals surface area contributed by atoms with Gasteiger partial charge >= 0.3 is 0 Å². The van der Waals surface area contributed by atoms with Crippen molar-refractivity contribution in [1.29, 1.82) is 0 Å². The predicted molar refractivity (Wildman–Crippen MR) is 84.3 cm³/mol. The van der Waals surface area contributed by atoms with Crippen LogP contribution in [0.25, 0.3) is 0 Å². The molecule has 0 aliphatic rings. The molecule has 0 bridgehead atoms. The molecular formula is C13H14Cl2N4O3. The fraction of sp³-hybridized carbons (Fsp3) is 0.308. The number of aromatic nitrogens is 1. The van der Waals surface area contributed by atoms with E-state index in [1.54, 1.807) is 6.26 Å². The maximum atomic E-state index is 10.7. The highest BCUT2D eigenvalue weighted by Crippen LogP contribution is 2.34. The van der Waals surface area contributed by atoms with E-state index in [1.807, 2.05) is 19.0 Å². The number of halogens is 2. The lowest BCUT2D eigenvalue weighted by molar-refractivity contribution is -0.384. The molecule has 0 spiro atoms. The van der Waals surface area contributed by atoms with Crippen LogP contribution in [0.4, 0.5) is 11.4 Å². The Morgan fingerprint density at radius 2 is 2.00 bits per heavy atom. The Morgan fingerprint density at radius 3 is 2.55 bits per heavy atom. The van der Waals surface area contributed by atoms with Crippen LogP contribution in [0.2, 0.25) is 10.0 Å². The van der Waals surface area contributed by atoms with E-state index in [1.165, 1.54) is 12.1 Å². The lowest BCUT2D eigenvalue weighted by Gasteiger charge is -2.09. The van der Waals surface area contributed by atoms with Crippen LogP contribution in [-0.2, 0) is 13.1 Å². The molecule has 0 saturated heterocycles. The van der Waals surface area contributed by atoms with Crippen molar-refractivity contribution in [2.75, 3.05) is 19.4 Å². The number of hydrogen-bond acceptors (Lipinski definition) is 6. The maximum Gasteiger partial charge on any atom is 0.272 e. The van der Waals surface area contributed by atoms with Crippen molar-refractivity contribution in [3.8, 4) is 0 Å². The summed E-state index contributed by atoms with van der Waals surface area (Å²) in [6, 6.07) is 2.49. The molecule has 1 N–H and O–H groups in total. The summed E-state index contributed by atoms with van der Waals surface area (Å²) >= 11 is 12.0. The van der Waals surface area contributed by atoms with Crippen molar-refractivity contribution in [2.24, 2.45) is 0 Å². The smallest absolute Gasteiger partial charge is 0.272 e. The molecular weight excluding hydrogens is 331 g/mol. The van der Waals surface area contributed by atoms with Crippen LogP contribution in [0.3, 0.4) is 0 Å². The van der Waals surface area contributed by atoms with Crippen LogP contribution in [0.15, 0.2) is 22.8 Å². The molecule has 2 aromatic rings. The Kier molecular flexibility index (Phi) is 5.23. The van der Waals surface area contributed by atoms with E-state index in [0.717, 1.165) is 0 Å². The molecule has 0 aliphatic heterocycles. The number of nitrogens with zero attached hydrogens (tertiary/aromatic N) is 3. The highest BCUT2D eigenvalue weighted by molar-refractivity contribution is 6.39. The van der Waals surface area contributed by atoms with Gasteiger partial charge in [-0.25, -0.2) is 4.98 Å². The van der Waals surface area contributed by atoms with Gasteiger partial charge in [0.2, 0.25) is 5.89 Å². The molecule has 1 aromatic carbocycles.